The maximum absolute atomic E-state index is 11.7. The zero-order valence-electron chi connectivity index (χ0n) is 11.0. The first-order chi connectivity index (χ1) is 8.74. The SMILES string of the molecule is CCCc1ccc(N2C[C@@H](CNC)OC2=O)cc1. The van der Waals surface area contributed by atoms with Crippen LogP contribution in [-0.4, -0.2) is 32.3 Å². The summed E-state index contributed by atoms with van der Waals surface area (Å²) >= 11 is 0. The summed E-state index contributed by atoms with van der Waals surface area (Å²) in [5.74, 6) is 0. The summed E-state index contributed by atoms with van der Waals surface area (Å²) in [7, 11) is 1.86. The van der Waals surface area contributed by atoms with Gasteiger partial charge in [-0.1, -0.05) is 25.5 Å². The Hall–Kier alpha value is -1.55. The highest BCUT2D eigenvalue weighted by Crippen LogP contribution is 2.22. The van der Waals surface area contributed by atoms with E-state index in [9.17, 15) is 4.79 Å². The number of benzene rings is 1. The van der Waals surface area contributed by atoms with Gasteiger partial charge in [-0.05, 0) is 31.2 Å². The second-order valence-corrected chi connectivity index (χ2v) is 4.59. The average molecular weight is 248 g/mol. The number of nitrogens with one attached hydrogen (secondary N) is 1. The molecule has 1 N–H and O–H groups in total. The normalized spacial score (nSPS) is 19.1. The van der Waals surface area contributed by atoms with Crippen molar-refractivity contribution >= 4 is 11.8 Å². The number of nitrogens with zero attached hydrogens (tertiary/aromatic N) is 1. The molecule has 1 fully saturated rings. The van der Waals surface area contributed by atoms with Gasteiger partial charge in [0.25, 0.3) is 0 Å². The highest BCUT2D eigenvalue weighted by Gasteiger charge is 2.31. The number of likely N-dealkylation sites (N-methyl/N-ethyl adjacent to an activating group) is 1. The molecule has 1 heterocycles. The maximum Gasteiger partial charge on any atom is 0.414 e. The Morgan fingerprint density at radius 1 is 1.39 bits per heavy atom. The fraction of sp³-hybridized carbons (Fsp3) is 0.500. The van der Waals surface area contributed by atoms with Gasteiger partial charge in [0, 0.05) is 12.2 Å². The van der Waals surface area contributed by atoms with Gasteiger partial charge in [0.15, 0.2) is 0 Å². The maximum atomic E-state index is 11.7. The highest BCUT2D eigenvalue weighted by molar-refractivity contribution is 5.89. The molecule has 2 rings (SSSR count). The Labute approximate surface area is 108 Å². The summed E-state index contributed by atoms with van der Waals surface area (Å²) in [4.78, 5) is 13.4. The largest absolute Gasteiger partial charge is 0.443 e. The van der Waals surface area contributed by atoms with Crippen molar-refractivity contribution in [3.05, 3.63) is 29.8 Å². The Balaban J connectivity index is 2.05. The predicted molar refractivity (Wildman–Crippen MR) is 72.0 cm³/mol. The number of cyclic esters (lactones) is 1. The number of hydrogen-bond donors (Lipinski definition) is 1. The van der Waals surface area contributed by atoms with E-state index in [1.165, 1.54) is 5.56 Å². The molecule has 1 aliphatic heterocycles. The summed E-state index contributed by atoms with van der Waals surface area (Å²) in [6.07, 6.45) is 1.90. The third-order valence-corrected chi connectivity index (χ3v) is 3.09. The molecule has 0 saturated carbocycles. The van der Waals surface area contributed by atoms with Crippen molar-refractivity contribution < 1.29 is 9.53 Å². The van der Waals surface area contributed by atoms with Crippen molar-refractivity contribution in [2.75, 3.05) is 25.0 Å². The van der Waals surface area contributed by atoms with Crippen molar-refractivity contribution in [1.29, 1.82) is 0 Å². The van der Waals surface area contributed by atoms with Crippen molar-refractivity contribution in [3.63, 3.8) is 0 Å². The molecule has 1 atom stereocenters. The molecule has 1 saturated heterocycles. The van der Waals surface area contributed by atoms with Gasteiger partial charge in [0.1, 0.15) is 6.10 Å². The summed E-state index contributed by atoms with van der Waals surface area (Å²) in [6, 6.07) is 8.15. The van der Waals surface area contributed by atoms with Crippen LogP contribution in [0.5, 0.6) is 0 Å². The first-order valence-electron chi connectivity index (χ1n) is 6.46. The molecular formula is C14H20N2O2. The topological polar surface area (TPSA) is 41.6 Å². The molecule has 0 aliphatic carbocycles. The second kappa shape index (κ2) is 5.87. The molecule has 0 radical (unpaired) electrons. The Morgan fingerprint density at radius 3 is 2.72 bits per heavy atom. The quantitative estimate of drug-likeness (QED) is 0.868. The van der Waals surface area contributed by atoms with E-state index < -0.39 is 0 Å². The second-order valence-electron chi connectivity index (χ2n) is 4.59. The van der Waals surface area contributed by atoms with Crippen molar-refractivity contribution in [3.8, 4) is 0 Å². The van der Waals surface area contributed by atoms with Crippen LogP contribution in [0, 0.1) is 0 Å². The summed E-state index contributed by atoms with van der Waals surface area (Å²) in [6.45, 7) is 3.47. The van der Waals surface area contributed by atoms with Crippen LogP contribution in [-0.2, 0) is 11.2 Å². The molecule has 18 heavy (non-hydrogen) atoms. The number of ether oxygens (including phenoxy) is 1. The molecule has 0 spiro atoms. The van der Waals surface area contributed by atoms with Gasteiger partial charge in [-0.3, -0.25) is 4.90 Å². The monoisotopic (exact) mass is 248 g/mol. The molecule has 0 aromatic heterocycles. The van der Waals surface area contributed by atoms with Crippen LogP contribution >= 0.6 is 0 Å². The van der Waals surface area contributed by atoms with E-state index in [0.29, 0.717) is 13.1 Å². The first kappa shape index (κ1) is 12.9. The van der Waals surface area contributed by atoms with Gasteiger partial charge in [0.05, 0.1) is 6.54 Å². The third kappa shape index (κ3) is 2.82. The smallest absolute Gasteiger partial charge is 0.414 e. The molecule has 1 amide bonds. The zero-order chi connectivity index (χ0) is 13.0. The van der Waals surface area contributed by atoms with E-state index >= 15 is 0 Å². The van der Waals surface area contributed by atoms with E-state index in [1.54, 1.807) is 4.90 Å². The third-order valence-electron chi connectivity index (χ3n) is 3.09. The van der Waals surface area contributed by atoms with E-state index in [-0.39, 0.29) is 12.2 Å². The lowest BCUT2D eigenvalue weighted by Crippen LogP contribution is -2.29. The van der Waals surface area contributed by atoms with Crippen LogP contribution in [0.15, 0.2) is 24.3 Å². The summed E-state index contributed by atoms with van der Waals surface area (Å²) < 4.78 is 5.27. The molecule has 1 aliphatic rings. The van der Waals surface area contributed by atoms with Crippen molar-refractivity contribution in [2.45, 2.75) is 25.9 Å². The number of hydrogen-bond acceptors (Lipinski definition) is 3. The lowest BCUT2D eigenvalue weighted by Gasteiger charge is -2.13. The number of carbonyl (C=O) groups excluding carboxylic acids is 1. The van der Waals surface area contributed by atoms with Crippen LogP contribution in [0.25, 0.3) is 0 Å². The Kier molecular flexibility index (Phi) is 4.20. The van der Waals surface area contributed by atoms with E-state index in [2.05, 4.69) is 24.4 Å². The predicted octanol–water partition coefficient (Wildman–Crippen LogP) is 2.18. The zero-order valence-corrected chi connectivity index (χ0v) is 11.0. The molecule has 0 unspecified atom stereocenters. The number of amides is 1. The number of anilines is 1. The molecule has 4 nitrogen and oxygen atoms in total. The van der Waals surface area contributed by atoms with Crippen LogP contribution < -0.4 is 10.2 Å². The first-order valence-corrected chi connectivity index (χ1v) is 6.46. The minimum atomic E-state index is -0.251. The fourth-order valence-electron chi connectivity index (χ4n) is 2.20. The van der Waals surface area contributed by atoms with E-state index in [4.69, 9.17) is 4.74 Å². The molecule has 98 valence electrons. The van der Waals surface area contributed by atoms with Crippen molar-refractivity contribution in [2.24, 2.45) is 0 Å². The fourth-order valence-corrected chi connectivity index (χ4v) is 2.20. The van der Waals surface area contributed by atoms with Crippen LogP contribution in [0.2, 0.25) is 0 Å². The van der Waals surface area contributed by atoms with E-state index in [0.717, 1.165) is 18.5 Å². The van der Waals surface area contributed by atoms with Crippen LogP contribution in [0.4, 0.5) is 10.5 Å². The van der Waals surface area contributed by atoms with Gasteiger partial charge in [-0.25, -0.2) is 4.79 Å². The number of rotatable bonds is 5. The highest BCUT2D eigenvalue weighted by atomic mass is 16.6. The van der Waals surface area contributed by atoms with Crippen LogP contribution in [0.3, 0.4) is 0 Å². The molecule has 1 aromatic rings. The number of aryl methyl sites for hydroxylation is 1. The lowest BCUT2D eigenvalue weighted by molar-refractivity contribution is 0.141. The van der Waals surface area contributed by atoms with Crippen LogP contribution in [0.1, 0.15) is 18.9 Å². The molecule has 4 heteroatoms. The van der Waals surface area contributed by atoms with E-state index in [1.807, 2.05) is 19.2 Å². The van der Waals surface area contributed by atoms with Gasteiger partial charge < -0.3 is 10.1 Å². The Morgan fingerprint density at radius 2 is 2.11 bits per heavy atom. The Bertz CT molecular complexity index is 403. The van der Waals surface area contributed by atoms with Gasteiger partial charge in [-0.2, -0.15) is 0 Å². The minimum absolute atomic E-state index is 0.0576. The summed E-state index contributed by atoms with van der Waals surface area (Å²) in [5.41, 5.74) is 2.22. The minimum Gasteiger partial charge on any atom is -0.443 e. The molecular weight excluding hydrogens is 228 g/mol. The van der Waals surface area contributed by atoms with Gasteiger partial charge in [-0.15, -0.1) is 0 Å². The molecule has 1 aromatic carbocycles. The van der Waals surface area contributed by atoms with Crippen molar-refractivity contribution in [1.82, 2.24) is 5.32 Å². The number of carbonyl (C=O) groups is 1. The molecule has 0 bridgehead atoms. The lowest BCUT2D eigenvalue weighted by atomic mass is 10.1. The van der Waals surface area contributed by atoms with Gasteiger partial charge in [0.2, 0.25) is 0 Å². The standard InChI is InChI=1S/C14H20N2O2/c1-3-4-11-5-7-12(8-6-11)16-10-13(9-15-2)18-14(16)17/h5-8,13,15H,3-4,9-10H2,1-2H3/t13-/m1/s1. The summed E-state index contributed by atoms with van der Waals surface area (Å²) in [5, 5.41) is 3.02. The average Bonchev–Trinajstić information content (AvgIpc) is 2.72. The van der Waals surface area contributed by atoms with Gasteiger partial charge >= 0.3 is 6.09 Å².